The van der Waals surface area contributed by atoms with Crippen molar-refractivity contribution < 1.29 is 8.42 Å². The van der Waals surface area contributed by atoms with E-state index in [1.54, 1.807) is 0 Å². The van der Waals surface area contributed by atoms with Gasteiger partial charge >= 0.3 is 0 Å². The second-order valence-electron chi connectivity index (χ2n) is 7.48. The normalized spacial score (nSPS) is 18.9. The molecule has 1 saturated heterocycles. The van der Waals surface area contributed by atoms with E-state index in [9.17, 15) is 8.42 Å². The van der Waals surface area contributed by atoms with Crippen LogP contribution < -0.4 is 10.0 Å². The Morgan fingerprint density at radius 2 is 2.00 bits per heavy atom. The first kappa shape index (κ1) is 22.4. The third-order valence-electron chi connectivity index (χ3n) is 5.56. The second-order valence-corrected chi connectivity index (χ2v) is 9.40. The minimum absolute atomic E-state index is 0. The van der Waals surface area contributed by atoms with Gasteiger partial charge in [0.05, 0.1) is 12.3 Å². The van der Waals surface area contributed by atoms with E-state index in [0.717, 1.165) is 36.7 Å². The number of aliphatic imine (C=N–C) groups is 1. The number of sulfonamides is 1. The van der Waals surface area contributed by atoms with E-state index in [1.165, 1.54) is 32.7 Å². The quantitative estimate of drug-likeness (QED) is 0.354. The number of nitrogens with one attached hydrogen (secondary N) is 2. The molecule has 1 spiro atoms. The van der Waals surface area contributed by atoms with Gasteiger partial charge < -0.3 is 10.2 Å². The number of benzene rings is 1. The fourth-order valence-corrected chi connectivity index (χ4v) is 4.66. The second kappa shape index (κ2) is 9.56. The van der Waals surface area contributed by atoms with Crippen LogP contribution in [-0.2, 0) is 22.3 Å². The van der Waals surface area contributed by atoms with Crippen LogP contribution >= 0.6 is 24.0 Å². The Morgan fingerprint density at radius 1 is 1.26 bits per heavy atom. The third kappa shape index (κ3) is 5.80. The van der Waals surface area contributed by atoms with Crippen molar-refractivity contribution in [3.63, 3.8) is 0 Å². The minimum Gasteiger partial charge on any atom is -0.357 e. The van der Waals surface area contributed by atoms with Gasteiger partial charge in [0.15, 0.2) is 5.96 Å². The summed E-state index contributed by atoms with van der Waals surface area (Å²) in [4.78, 5) is 7.20. The number of rotatable bonds is 6. The lowest BCUT2D eigenvalue weighted by Gasteiger charge is -2.38. The first-order valence-electron chi connectivity index (χ1n) is 9.48. The lowest BCUT2D eigenvalue weighted by Crippen LogP contribution is -2.42. The molecule has 1 aromatic rings. The van der Waals surface area contributed by atoms with Gasteiger partial charge in [0.1, 0.15) is 0 Å². The third-order valence-corrected chi connectivity index (χ3v) is 6.89. The van der Waals surface area contributed by atoms with Crippen molar-refractivity contribution in [1.82, 2.24) is 14.9 Å². The number of guanidine groups is 1. The molecule has 2 fully saturated rings. The predicted molar refractivity (Wildman–Crippen MR) is 121 cm³/mol. The highest BCUT2D eigenvalue weighted by molar-refractivity contribution is 14.0. The van der Waals surface area contributed by atoms with Gasteiger partial charge in [0, 0.05) is 19.6 Å². The maximum Gasteiger partial charge on any atom is 0.215 e. The van der Waals surface area contributed by atoms with E-state index in [2.05, 4.69) is 21.9 Å². The molecular weight excluding hydrogens is 475 g/mol. The number of likely N-dealkylation sites (tertiary alicyclic amines) is 1. The van der Waals surface area contributed by atoms with E-state index in [0.29, 0.717) is 12.0 Å². The number of halogens is 1. The van der Waals surface area contributed by atoms with E-state index in [4.69, 9.17) is 4.99 Å². The van der Waals surface area contributed by atoms with Crippen molar-refractivity contribution in [3.05, 3.63) is 35.4 Å². The topological polar surface area (TPSA) is 73.8 Å². The van der Waals surface area contributed by atoms with E-state index in [-0.39, 0.29) is 29.7 Å². The SMILES string of the molecule is CCNC(=NCc1cccc(CS(=O)(=O)NC)c1)N1CCC2(CCC2)C1.I. The fourth-order valence-electron chi connectivity index (χ4n) is 3.90. The molecule has 1 aliphatic carbocycles. The molecule has 1 heterocycles. The van der Waals surface area contributed by atoms with Crippen LogP contribution in [0.25, 0.3) is 0 Å². The van der Waals surface area contributed by atoms with Crippen LogP contribution in [0, 0.1) is 5.41 Å². The van der Waals surface area contributed by atoms with Crippen molar-refractivity contribution in [2.45, 2.75) is 44.9 Å². The Balaban J connectivity index is 0.00000261. The zero-order valence-electron chi connectivity index (χ0n) is 16.2. The van der Waals surface area contributed by atoms with Gasteiger partial charge in [0.2, 0.25) is 10.0 Å². The Hall–Kier alpha value is -0.870. The van der Waals surface area contributed by atoms with Crippen LogP contribution in [0.4, 0.5) is 0 Å². The predicted octanol–water partition coefficient (Wildman–Crippen LogP) is 2.70. The molecule has 1 saturated carbocycles. The lowest BCUT2D eigenvalue weighted by molar-refractivity contribution is 0.151. The Kier molecular flexibility index (Phi) is 7.94. The summed E-state index contributed by atoms with van der Waals surface area (Å²) in [6, 6.07) is 7.67. The number of nitrogens with zero attached hydrogens (tertiary/aromatic N) is 2. The Morgan fingerprint density at radius 3 is 2.59 bits per heavy atom. The summed E-state index contributed by atoms with van der Waals surface area (Å²) in [7, 11) is -1.82. The lowest BCUT2D eigenvalue weighted by atomic mass is 9.68. The van der Waals surface area contributed by atoms with E-state index in [1.807, 2.05) is 24.3 Å². The Bertz CT molecular complexity index is 763. The molecule has 152 valence electrons. The molecule has 1 aliphatic heterocycles. The maximum absolute atomic E-state index is 11.7. The molecule has 0 unspecified atom stereocenters. The molecule has 2 aliphatic rings. The van der Waals surface area contributed by atoms with Gasteiger partial charge in [-0.05, 0) is 49.8 Å². The van der Waals surface area contributed by atoms with Crippen molar-refractivity contribution in [2.24, 2.45) is 10.4 Å². The summed E-state index contributed by atoms with van der Waals surface area (Å²) in [5.74, 6) is 0.972. The molecule has 8 heteroatoms. The minimum atomic E-state index is -3.26. The molecule has 2 N–H and O–H groups in total. The summed E-state index contributed by atoms with van der Waals surface area (Å²) in [5, 5.41) is 3.41. The first-order valence-corrected chi connectivity index (χ1v) is 11.1. The molecule has 0 amide bonds. The van der Waals surface area contributed by atoms with Crippen molar-refractivity contribution in [1.29, 1.82) is 0 Å². The van der Waals surface area contributed by atoms with Crippen LogP contribution in [0.15, 0.2) is 29.3 Å². The van der Waals surface area contributed by atoms with Crippen LogP contribution in [-0.4, -0.2) is 46.0 Å². The average molecular weight is 506 g/mol. The largest absolute Gasteiger partial charge is 0.357 e. The molecule has 0 aromatic heterocycles. The van der Waals surface area contributed by atoms with Gasteiger partial charge in [-0.15, -0.1) is 24.0 Å². The highest BCUT2D eigenvalue weighted by atomic mass is 127. The van der Waals surface area contributed by atoms with Crippen LogP contribution in [0.3, 0.4) is 0 Å². The Labute approximate surface area is 180 Å². The van der Waals surface area contributed by atoms with Gasteiger partial charge in [-0.1, -0.05) is 30.7 Å². The molecule has 27 heavy (non-hydrogen) atoms. The molecule has 0 bridgehead atoms. The highest BCUT2D eigenvalue weighted by Crippen LogP contribution is 2.47. The standard InChI is InChI=1S/C19H30N4O2S.HI/c1-3-21-18(23-11-10-19(15-23)8-5-9-19)22-13-16-6-4-7-17(12-16)14-26(24,25)20-2;/h4,6-7,12,20H,3,5,8-11,13-15H2,1-2H3,(H,21,22);1H. The molecule has 0 radical (unpaired) electrons. The summed E-state index contributed by atoms with van der Waals surface area (Å²) < 4.78 is 25.8. The van der Waals surface area contributed by atoms with Gasteiger partial charge in [-0.3, -0.25) is 0 Å². The van der Waals surface area contributed by atoms with Crippen LogP contribution in [0.1, 0.15) is 43.7 Å². The summed E-state index contributed by atoms with van der Waals surface area (Å²) in [5.41, 5.74) is 2.35. The van der Waals surface area contributed by atoms with Crippen LogP contribution in [0.5, 0.6) is 0 Å². The smallest absolute Gasteiger partial charge is 0.215 e. The molecular formula is C19H31IN4O2S. The monoisotopic (exact) mass is 506 g/mol. The molecule has 3 rings (SSSR count). The van der Waals surface area contributed by atoms with E-state index >= 15 is 0 Å². The zero-order valence-corrected chi connectivity index (χ0v) is 19.3. The zero-order chi connectivity index (χ0) is 18.6. The number of hydrogen-bond donors (Lipinski definition) is 2. The highest BCUT2D eigenvalue weighted by Gasteiger charge is 2.43. The van der Waals surface area contributed by atoms with E-state index < -0.39 is 10.0 Å². The molecule has 1 aromatic carbocycles. The summed E-state index contributed by atoms with van der Waals surface area (Å²) in [6.07, 6.45) is 5.34. The molecule has 0 atom stereocenters. The van der Waals surface area contributed by atoms with Crippen molar-refractivity contribution >= 4 is 40.0 Å². The first-order chi connectivity index (χ1) is 12.5. The maximum atomic E-state index is 11.7. The summed E-state index contributed by atoms with van der Waals surface area (Å²) in [6.45, 7) is 5.68. The summed E-state index contributed by atoms with van der Waals surface area (Å²) >= 11 is 0. The van der Waals surface area contributed by atoms with Gasteiger partial charge in [0.25, 0.3) is 0 Å². The van der Waals surface area contributed by atoms with Crippen molar-refractivity contribution in [2.75, 3.05) is 26.7 Å². The van der Waals surface area contributed by atoms with Crippen LogP contribution in [0.2, 0.25) is 0 Å². The van der Waals surface area contributed by atoms with Gasteiger partial charge in [-0.2, -0.15) is 0 Å². The fraction of sp³-hybridized carbons (Fsp3) is 0.632. The number of hydrogen-bond acceptors (Lipinski definition) is 3. The van der Waals surface area contributed by atoms with Crippen molar-refractivity contribution in [3.8, 4) is 0 Å². The van der Waals surface area contributed by atoms with Gasteiger partial charge in [-0.25, -0.2) is 18.1 Å². The average Bonchev–Trinajstić information content (AvgIpc) is 3.04. The molecule has 6 nitrogen and oxygen atoms in total.